The highest BCUT2D eigenvalue weighted by atomic mass is 127. The first-order chi connectivity index (χ1) is 9.84. The van der Waals surface area contributed by atoms with Gasteiger partial charge < -0.3 is 25.0 Å². The van der Waals surface area contributed by atoms with Crippen molar-refractivity contribution in [3.8, 4) is 0 Å². The average molecular weight is 414 g/mol. The van der Waals surface area contributed by atoms with Crippen LogP contribution in [0, 0.1) is 0 Å². The molecule has 1 aromatic heterocycles. The second-order valence-corrected chi connectivity index (χ2v) is 5.12. The van der Waals surface area contributed by atoms with Gasteiger partial charge >= 0.3 is 5.69 Å². The Morgan fingerprint density at radius 1 is 1.57 bits per heavy atom. The van der Waals surface area contributed by atoms with Crippen LogP contribution in [-0.4, -0.2) is 49.5 Å². The lowest BCUT2D eigenvalue weighted by atomic mass is 10.1. The van der Waals surface area contributed by atoms with Crippen molar-refractivity contribution >= 4 is 28.7 Å². The van der Waals surface area contributed by atoms with Crippen LogP contribution in [0.1, 0.15) is 11.8 Å². The van der Waals surface area contributed by atoms with Gasteiger partial charge in [-0.2, -0.15) is 0 Å². The van der Waals surface area contributed by atoms with Crippen molar-refractivity contribution in [2.45, 2.75) is 24.3 Å². The molecule has 0 spiro atoms. The number of aromatic nitrogens is 2. The number of nitrogens with zero attached hydrogens (tertiary/aromatic N) is 1. The van der Waals surface area contributed by atoms with Crippen molar-refractivity contribution in [1.82, 2.24) is 9.55 Å². The van der Waals surface area contributed by atoms with Crippen LogP contribution in [0.5, 0.6) is 0 Å². The van der Waals surface area contributed by atoms with Gasteiger partial charge in [-0.1, -0.05) is 22.6 Å². The molecule has 0 radical (unpaired) electrons. The van der Waals surface area contributed by atoms with E-state index in [0.29, 0.717) is 4.57 Å². The maximum absolute atomic E-state index is 14.2. The van der Waals surface area contributed by atoms with E-state index >= 15 is 0 Å². The molecule has 1 aliphatic rings. The molecule has 1 aliphatic heterocycles. The van der Waals surface area contributed by atoms with Crippen molar-refractivity contribution in [3.63, 3.8) is 0 Å². The van der Waals surface area contributed by atoms with Crippen LogP contribution in [-0.2, 0) is 4.74 Å². The molecule has 2 heterocycles. The fraction of sp³-hybridized carbons (Fsp3) is 0.455. The Balaban J connectivity index is 2.59. The molecule has 2 rings (SSSR count). The first-order valence-electron chi connectivity index (χ1n) is 5.81. The predicted octanol–water partition coefficient (Wildman–Crippen LogP) is -1.15. The zero-order chi connectivity index (χ0) is 15.8. The number of nitrogens with one attached hydrogen (secondary N) is 1. The summed E-state index contributed by atoms with van der Waals surface area (Å²) in [5.74, 6) is -3.39. The molecule has 0 aromatic carbocycles. The van der Waals surface area contributed by atoms with Gasteiger partial charge in [0.15, 0.2) is 0 Å². The SMILES string of the molecule is O=c1[nH]cc(C=CI)c(=O)n1C1O[C@H](CO)[C@@H](O)[C@]1(O)F. The van der Waals surface area contributed by atoms with E-state index in [1.165, 1.54) is 10.2 Å². The van der Waals surface area contributed by atoms with E-state index in [1.54, 1.807) is 0 Å². The summed E-state index contributed by atoms with van der Waals surface area (Å²) in [4.78, 5) is 26.1. The Kier molecular flexibility index (Phi) is 4.63. The van der Waals surface area contributed by atoms with E-state index in [4.69, 9.17) is 9.84 Å². The number of ether oxygens (including phenoxy) is 1. The van der Waals surface area contributed by atoms with E-state index in [1.807, 2.05) is 22.6 Å². The minimum Gasteiger partial charge on any atom is -0.394 e. The lowest BCUT2D eigenvalue weighted by Crippen LogP contribution is -2.49. The number of halogens is 2. The second-order valence-electron chi connectivity index (χ2n) is 4.40. The number of hydrogen-bond acceptors (Lipinski definition) is 6. The maximum atomic E-state index is 14.2. The fourth-order valence-corrected chi connectivity index (χ4v) is 2.42. The van der Waals surface area contributed by atoms with Crippen molar-refractivity contribution in [3.05, 3.63) is 36.7 Å². The molecule has 4 atom stereocenters. The first-order valence-corrected chi connectivity index (χ1v) is 7.05. The molecule has 1 fully saturated rings. The summed E-state index contributed by atoms with van der Waals surface area (Å²) < 4.78 is 20.9. The summed E-state index contributed by atoms with van der Waals surface area (Å²) in [7, 11) is 0. The Labute approximate surface area is 130 Å². The first kappa shape index (κ1) is 16.3. The predicted molar refractivity (Wildman–Crippen MR) is 77.4 cm³/mol. The summed E-state index contributed by atoms with van der Waals surface area (Å²) in [5.41, 5.74) is -1.89. The van der Waals surface area contributed by atoms with E-state index in [0.717, 1.165) is 6.20 Å². The maximum Gasteiger partial charge on any atom is 0.330 e. The third-order valence-electron chi connectivity index (χ3n) is 3.11. The largest absolute Gasteiger partial charge is 0.394 e. The lowest BCUT2D eigenvalue weighted by Gasteiger charge is -2.22. The van der Waals surface area contributed by atoms with Crippen LogP contribution < -0.4 is 11.2 Å². The van der Waals surface area contributed by atoms with E-state index in [9.17, 15) is 24.2 Å². The molecule has 0 aliphatic carbocycles. The van der Waals surface area contributed by atoms with Crippen LogP contribution in [0.25, 0.3) is 6.08 Å². The topological polar surface area (TPSA) is 125 Å². The lowest BCUT2D eigenvalue weighted by molar-refractivity contribution is -0.197. The average Bonchev–Trinajstić information content (AvgIpc) is 2.66. The summed E-state index contributed by atoms with van der Waals surface area (Å²) in [6.45, 7) is -0.788. The Morgan fingerprint density at radius 3 is 2.76 bits per heavy atom. The van der Waals surface area contributed by atoms with E-state index in [-0.39, 0.29) is 5.56 Å². The van der Waals surface area contributed by atoms with Crippen molar-refractivity contribution in [2.75, 3.05) is 6.61 Å². The van der Waals surface area contributed by atoms with Crippen LogP contribution in [0.4, 0.5) is 4.39 Å². The minimum atomic E-state index is -3.39. The number of aromatic amines is 1. The van der Waals surface area contributed by atoms with Gasteiger partial charge in [-0.25, -0.2) is 13.8 Å². The third-order valence-corrected chi connectivity index (χ3v) is 3.47. The van der Waals surface area contributed by atoms with Gasteiger partial charge in [-0.3, -0.25) is 4.79 Å². The number of H-pyrrole nitrogens is 1. The van der Waals surface area contributed by atoms with E-state index in [2.05, 4.69) is 4.98 Å². The molecule has 1 unspecified atom stereocenters. The third kappa shape index (κ3) is 2.68. The molecule has 10 heteroatoms. The van der Waals surface area contributed by atoms with Crippen LogP contribution in [0.2, 0.25) is 0 Å². The number of aliphatic hydroxyl groups is 3. The Morgan fingerprint density at radius 2 is 2.24 bits per heavy atom. The standard InChI is InChI=1S/C11H12FIN2O6/c12-11(20)7(17)6(4-16)21-9(11)15-8(18)5(1-2-13)3-14-10(15)19/h1-3,6-7,9,16-17,20H,4H2,(H,14,19)/t6-,7-,9?,11-/m1/s1. The minimum absolute atomic E-state index is 0.0327. The van der Waals surface area contributed by atoms with Crippen LogP contribution in [0.15, 0.2) is 19.9 Å². The molecule has 0 bridgehead atoms. The smallest absolute Gasteiger partial charge is 0.330 e. The molecule has 4 N–H and O–H groups in total. The zero-order valence-electron chi connectivity index (χ0n) is 10.4. The summed E-state index contributed by atoms with van der Waals surface area (Å²) in [5, 5.41) is 28.2. The van der Waals surface area contributed by atoms with Gasteiger partial charge in [0, 0.05) is 6.20 Å². The highest BCUT2D eigenvalue weighted by Crippen LogP contribution is 2.38. The number of hydrogen-bond donors (Lipinski definition) is 4. The Bertz CT molecular complexity index is 669. The normalized spacial score (nSPS) is 32.9. The van der Waals surface area contributed by atoms with Crippen molar-refractivity contribution in [1.29, 1.82) is 0 Å². The van der Waals surface area contributed by atoms with Gasteiger partial charge in [0.25, 0.3) is 11.4 Å². The second kappa shape index (κ2) is 5.96. The molecule has 0 saturated carbocycles. The van der Waals surface area contributed by atoms with Crippen molar-refractivity contribution in [2.24, 2.45) is 0 Å². The van der Waals surface area contributed by atoms with E-state index < -0.39 is 42.1 Å². The van der Waals surface area contributed by atoms with Gasteiger partial charge in [0.1, 0.15) is 12.2 Å². The zero-order valence-corrected chi connectivity index (χ0v) is 12.6. The van der Waals surface area contributed by atoms with Crippen molar-refractivity contribution < 1.29 is 24.4 Å². The number of aliphatic hydroxyl groups excluding tert-OH is 2. The van der Waals surface area contributed by atoms with Crippen LogP contribution in [0.3, 0.4) is 0 Å². The quantitative estimate of drug-likeness (QED) is 0.464. The molecule has 1 saturated heterocycles. The molecule has 1 aromatic rings. The summed E-state index contributed by atoms with van der Waals surface area (Å²) in [6, 6.07) is 0. The number of alkyl halides is 1. The van der Waals surface area contributed by atoms with Crippen LogP contribution >= 0.6 is 22.6 Å². The summed E-state index contributed by atoms with van der Waals surface area (Å²) in [6.07, 6.45) is -3.13. The van der Waals surface area contributed by atoms with Gasteiger partial charge in [0.2, 0.25) is 6.23 Å². The molecule has 21 heavy (non-hydrogen) atoms. The molecular formula is C11H12FIN2O6. The monoisotopic (exact) mass is 414 g/mol. The molecule has 116 valence electrons. The fourth-order valence-electron chi connectivity index (χ4n) is 2.03. The van der Waals surface area contributed by atoms with Gasteiger partial charge in [-0.15, -0.1) is 0 Å². The molecule has 0 amide bonds. The number of rotatable bonds is 3. The Hall–Kier alpha value is -1.08. The van der Waals surface area contributed by atoms with Gasteiger partial charge in [-0.05, 0) is 10.2 Å². The molecule has 8 nitrogen and oxygen atoms in total. The summed E-state index contributed by atoms with van der Waals surface area (Å²) >= 11 is 1.85. The highest BCUT2D eigenvalue weighted by molar-refractivity contribution is 14.1. The molecular weight excluding hydrogens is 402 g/mol. The van der Waals surface area contributed by atoms with Gasteiger partial charge in [0.05, 0.1) is 12.2 Å². The highest BCUT2D eigenvalue weighted by Gasteiger charge is 2.58.